The minimum Gasteiger partial charge on any atom is -0.373 e. The normalized spacial score (nSPS) is 16.2. The van der Waals surface area contributed by atoms with Crippen LogP contribution in [0.25, 0.3) is 0 Å². The van der Waals surface area contributed by atoms with Crippen LogP contribution in [0.2, 0.25) is 0 Å². The van der Waals surface area contributed by atoms with Crippen LogP contribution >= 0.6 is 0 Å². The lowest BCUT2D eigenvalue weighted by Crippen LogP contribution is -2.25. The molecule has 104 valence electrons. The Bertz CT molecular complexity index is 636. The Labute approximate surface area is 119 Å². The Balaban J connectivity index is 1.73. The molecule has 20 heavy (non-hydrogen) atoms. The lowest BCUT2D eigenvalue weighted by molar-refractivity contribution is 0.634. The number of anilines is 2. The van der Waals surface area contributed by atoms with Gasteiger partial charge in [0, 0.05) is 25.1 Å². The number of benzene rings is 1. The molecule has 2 N–H and O–H groups in total. The zero-order valence-corrected chi connectivity index (χ0v) is 12.2. The van der Waals surface area contributed by atoms with Gasteiger partial charge >= 0.3 is 0 Å². The zero-order valence-electron chi connectivity index (χ0n) is 12.2. The largest absolute Gasteiger partial charge is 0.373 e. The molecule has 0 fully saturated rings. The number of hydrogen-bond donors (Lipinski definition) is 2. The van der Waals surface area contributed by atoms with Crippen molar-refractivity contribution in [1.82, 2.24) is 9.97 Å². The Hall–Kier alpha value is -2.10. The number of rotatable bonds is 4. The van der Waals surface area contributed by atoms with Gasteiger partial charge in [-0.1, -0.05) is 24.3 Å². The topological polar surface area (TPSA) is 49.8 Å². The SMILES string of the molecule is CNc1nc(C)nc(NCC2Cc3ccccc32)c1C. The summed E-state index contributed by atoms with van der Waals surface area (Å²) in [6, 6.07) is 8.66. The molecular weight excluding hydrogens is 248 g/mol. The molecule has 0 saturated carbocycles. The van der Waals surface area contributed by atoms with Crippen LogP contribution < -0.4 is 10.6 Å². The summed E-state index contributed by atoms with van der Waals surface area (Å²) in [7, 11) is 1.89. The van der Waals surface area contributed by atoms with E-state index < -0.39 is 0 Å². The summed E-state index contributed by atoms with van der Waals surface area (Å²) in [5.41, 5.74) is 4.02. The second-order valence-electron chi connectivity index (χ2n) is 5.32. The number of aryl methyl sites for hydroxylation is 1. The molecule has 1 aromatic heterocycles. The minimum atomic E-state index is 0.596. The van der Waals surface area contributed by atoms with E-state index in [4.69, 9.17) is 0 Å². The summed E-state index contributed by atoms with van der Waals surface area (Å²) in [5, 5.41) is 6.60. The van der Waals surface area contributed by atoms with E-state index in [0.717, 1.165) is 36.0 Å². The standard InChI is InChI=1S/C16H20N4/c1-10-15(17-3)19-11(2)20-16(10)18-9-13-8-12-6-4-5-7-14(12)13/h4-7,13H,8-9H2,1-3H3,(H2,17,18,19,20). The van der Waals surface area contributed by atoms with Gasteiger partial charge in [0.1, 0.15) is 17.5 Å². The van der Waals surface area contributed by atoms with Crippen molar-refractivity contribution in [2.45, 2.75) is 26.2 Å². The second-order valence-corrected chi connectivity index (χ2v) is 5.32. The average Bonchev–Trinajstić information content (AvgIpc) is 2.43. The maximum Gasteiger partial charge on any atom is 0.134 e. The summed E-state index contributed by atoms with van der Waals surface area (Å²) in [4.78, 5) is 8.89. The van der Waals surface area contributed by atoms with Crippen LogP contribution in [0.15, 0.2) is 24.3 Å². The molecule has 1 aromatic carbocycles. The first-order valence-electron chi connectivity index (χ1n) is 7.03. The van der Waals surface area contributed by atoms with Crippen molar-refractivity contribution in [2.24, 2.45) is 0 Å². The van der Waals surface area contributed by atoms with E-state index in [-0.39, 0.29) is 0 Å². The number of nitrogens with one attached hydrogen (secondary N) is 2. The Morgan fingerprint density at radius 3 is 2.65 bits per heavy atom. The molecule has 4 heteroatoms. The van der Waals surface area contributed by atoms with Crippen LogP contribution in [0.5, 0.6) is 0 Å². The average molecular weight is 268 g/mol. The molecule has 0 radical (unpaired) electrons. The summed E-state index contributed by atoms with van der Waals surface area (Å²) in [6.45, 7) is 4.89. The van der Waals surface area contributed by atoms with Gasteiger partial charge in [0.15, 0.2) is 0 Å². The third-order valence-corrected chi connectivity index (χ3v) is 3.97. The van der Waals surface area contributed by atoms with Crippen molar-refractivity contribution in [2.75, 3.05) is 24.2 Å². The molecule has 1 aliphatic rings. The number of hydrogen-bond acceptors (Lipinski definition) is 4. The fraction of sp³-hybridized carbons (Fsp3) is 0.375. The fourth-order valence-electron chi connectivity index (χ4n) is 2.81. The zero-order chi connectivity index (χ0) is 14.1. The smallest absolute Gasteiger partial charge is 0.134 e. The van der Waals surface area contributed by atoms with Gasteiger partial charge in [-0.15, -0.1) is 0 Å². The second kappa shape index (κ2) is 5.12. The molecule has 1 unspecified atom stereocenters. The van der Waals surface area contributed by atoms with Gasteiger partial charge in [-0.3, -0.25) is 0 Å². The molecule has 4 nitrogen and oxygen atoms in total. The quantitative estimate of drug-likeness (QED) is 0.895. The van der Waals surface area contributed by atoms with Gasteiger partial charge in [-0.25, -0.2) is 9.97 Å². The molecule has 1 heterocycles. The first-order chi connectivity index (χ1) is 9.69. The van der Waals surface area contributed by atoms with Crippen molar-refractivity contribution in [3.8, 4) is 0 Å². The molecule has 3 rings (SSSR count). The molecule has 0 amide bonds. The van der Waals surface area contributed by atoms with Crippen molar-refractivity contribution in [1.29, 1.82) is 0 Å². The van der Waals surface area contributed by atoms with Crippen molar-refractivity contribution < 1.29 is 0 Å². The molecule has 0 spiro atoms. The monoisotopic (exact) mass is 268 g/mol. The van der Waals surface area contributed by atoms with Crippen LogP contribution in [-0.2, 0) is 6.42 Å². The molecule has 2 aromatic rings. The van der Waals surface area contributed by atoms with Crippen molar-refractivity contribution >= 4 is 11.6 Å². The van der Waals surface area contributed by atoms with E-state index in [9.17, 15) is 0 Å². The van der Waals surface area contributed by atoms with Crippen LogP contribution in [0.3, 0.4) is 0 Å². The van der Waals surface area contributed by atoms with Gasteiger partial charge in [0.05, 0.1) is 0 Å². The highest BCUT2D eigenvalue weighted by Gasteiger charge is 2.25. The van der Waals surface area contributed by atoms with Gasteiger partial charge in [0.2, 0.25) is 0 Å². The number of aromatic nitrogens is 2. The summed E-state index contributed by atoms with van der Waals surface area (Å²) in [6.07, 6.45) is 1.16. The van der Waals surface area contributed by atoms with Crippen molar-refractivity contribution in [3.63, 3.8) is 0 Å². The predicted molar refractivity (Wildman–Crippen MR) is 82.4 cm³/mol. The molecule has 0 aliphatic heterocycles. The van der Waals surface area contributed by atoms with Gasteiger partial charge in [-0.05, 0) is 31.4 Å². The Morgan fingerprint density at radius 1 is 1.15 bits per heavy atom. The van der Waals surface area contributed by atoms with Crippen LogP contribution in [0, 0.1) is 13.8 Å². The maximum absolute atomic E-state index is 4.51. The van der Waals surface area contributed by atoms with Gasteiger partial charge in [-0.2, -0.15) is 0 Å². The molecule has 1 atom stereocenters. The van der Waals surface area contributed by atoms with Gasteiger partial charge in [0.25, 0.3) is 0 Å². The van der Waals surface area contributed by atoms with E-state index in [2.05, 4.69) is 44.9 Å². The molecule has 0 saturated heterocycles. The fourth-order valence-corrected chi connectivity index (χ4v) is 2.81. The van der Waals surface area contributed by atoms with E-state index in [1.54, 1.807) is 0 Å². The Kier molecular flexibility index (Phi) is 3.30. The van der Waals surface area contributed by atoms with Gasteiger partial charge < -0.3 is 10.6 Å². The highest BCUT2D eigenvalue weighted by molar-refractivity contribution is 5.57. The van der Waals surface area contributed by atoms with Crippen LogP contribution in [-0.4, -0.2) is 23.6 Å². The number of fused-ring (bicyclic) bond motifs is 1. The highest BCUT2D eigenvalue weighted by atomic mass is 15.1. The summed E-state index contributed by atoms with van der Waals surface area (Å²) in [5.74, 6) is 3.22. The summed E-state index contributed by atoms with van der Waals surface area (Å²) < 4.78 is 0. The molecule has 0 bridgehead atoms. The van der Waals surface area contributed by atoms with Crippen molar-refractivity contribution in [3.05, 3.63) is 46.8 Å². The van der Waals surface area contributed by atoms with Crippen LogP contribution in [0.4, 0.5) is 11.6 Å². The van der Waals surface area contributed by atoms with E-state index in [0.29, 0.717) is 5.92 Å². The van der Waals surface area contributed by atoms with E-state index in [1.807, 2.05) is 20.9 Å². The highest BCUT2D eigenvalue weighted by Crippen LogP contribution is 2.35. The molecular formula is C16H20N4. The first-order valence-corrected chi connectivity index (χ1v) is 7.03. The minimum absolute atomic E-state index is 0.596. The third kappa shape index (κ3) is 2.22. The Morgan fingerprint density at radius 2 is 1.90 bits per heavy atom. The lowest BCUT2D eigenvalue weighted by Gasteiger charge is -2.30. The maximum atomic E-state index is 4.51. The van der Waals surface area contributed by atoms with Crippen LogP contribution in [0.1, 0.15) is 28.4 Å². The predicted octanol–water partition coefficient (Wildman–Crippen LogP) is 2.89. The summed E-state index contributed by atoms with van der Waals surface area (Å²) >= 11 is 0. The van der Waals surface area contributed by atoms with E-state index in [1.165, 1.54) is 11.1 Å². The molecule has 1 aliphatic carbocycles. The first kappa shape index (κ1) is 12.9. The van der Waals surface area contributed by atoms with E-state index >= 15 is 0 Å². The third-order valence-electron chi connectivity index (χ3n) is 3.97. The lowest BCUT2D eigenvalue weighted by atomic mass is 9.77. The number of nitrogens with zero attached hydrogens (tertiary/aromatic N) is 2.